The SMILES string of the molecule is N[C@H](CCn1cc(-c2ccc3[nH]ncc3c2)nn1)Cc1ccc(C(F)(F)F)cc1. The van der Waals surface area contributed by atoms with Gasteiger partial charge >= 0.3 is 6.18 Å². The predicted molar refractivity (Wildman–Crippen MR) is 103 cm³/mol. The van der Waals surface area contributed by atoms with Crippen LogP contribution in [0, 0.1) is 0 Å². The Hall–Kier alpha value is -3.20. The third kappa shape index (κ3) is 4.45. The average Bonchev–Trinajstić information content (AvgIpc) is 3.35. The molecular formula is C20H19F3N6. The standard InChI is InChI=1S/C20H19F3N6/c21-20(22,23)16-4-1-13(2-5-16)9-17(24)7-8-29-12-19(27-28-29)14-3-6-18-15(10-14)11-25-26-18/h1-6,10-12,17H,7-9,24H2,(H,25,26)/t17-/m1/s1. The summed E-state index contributed by atoms with van der Waals surface area (Å²) in [6, 6.07) is 10.8. The van der Waals surface area contributed by atoms with Crippen LogP contribution >= 0.6 is 0 Å². The van der Waals surface area contributed by atoms with Crippen molar-refractivity contribution in [1.29, 1.82) is 0 Å². The van der Waals surface area contributed by atoms with Crippen molar-refractivity contribution in [2.45, 2.75) is 31.6 Å². The minimum atomic E-state index is -4.33. The molecule has 6 nitrogen and oxygen atoms in total. The molecule has 0 spiro atoms. The van der Waals surface area contributed by atoms with Gasteiger partial charge in [-0.3, -0.25) is 9.78 Å². The van der Waals surface area contributed by atoms with E-state index in [0.717, 1.165) is 39.9 Å². The molecule has 4 rings (SSSR count). The van der Waals surface area contributed by atoms with E-state index < -0.39 is 11.7 Å². The smallest absolute Gasteiger partial charge is 0.327 e. The fraction of sp³-hybridized carbons (Fsp3) is 0.250. The number of nitrogens with zero attached hydrogens (tertiary/aromatic N) is 4. The Morgan fingerprint density at radius 3 is 2.66 bits per heavy atom. The summed E-state index contributed by atoms with van der Waals surface area (Å²) in [5, 5.41) is 16.3. The molecule has 2 aromatic carbocycles. The first kappa shape index (κ1) is 19.1. The molecule has 2 aromatic heterocycles. The van der Waals surface area contributed by atoms with Crippen molar-refractivity contribution in [2.24, 2.45) is 5.73 Å². The summed E-state index contributed by atoms with van der Waals surface area (Å²) in [6.07, 6.45) is 0.407. The summed E-state index contributed by atoms with van der Waals surface area (Å²) in [4.78, 5) is 0. The Morgan fingerprint density at radius 1 is 1.10 bits per heavy atom. The van der Waals surface area contributed by atoms with Crippen molar-refractivity contribution in [1.82, 2.24) is 25.2 Å². The van der Waals surface area contributed by atoms with Crippen LogP contribution in [0.1, 0.15) is 17.5 Å². The van der Waals surface area contributed by atoms with Gasteiger partial charge in [-0.05, 0) is 42.7 Å². The van der Waals surface area contributed by atoms with Gasteiger partial charge in [-0.2, -0.15) is 18.3 Å². The Labute approximate surface area is 164 Å². The summed E-state index contributed by atoms with van der Waals surface area (Å²) in [7, 11) is 0. The topological polar surface area (TPSA) is 85.4 Å². The van der Waals surface area contributed by atoms with Gasteiger partial charge in [-0.1, -0.05) is 23.4 Å². The third-order valence-electron chi connectivity index (χ3n) is 4.78. The number of nitrogens with one attached hydrogen (secondary N) is 1. The Bertz CT molecular complexity index is 1100. The molecule has 0 bridgehead atoms. The third-order valence-corrected chi connectivity index (χ3v) is 4.78. The van der Waals surface area contributed by atoms with Crippen molar-refractivity contribution in [3.05, 3.63) is 66.0 Å². The van der Waals surface area contributed by atoms with E-state index in [0.29, 0.717) is 19.4 Å². The fourth-order valence-electron chi connectivity index (χ4n) is 3.17. The van der Waals surface area contributed by atoms with Gasteiger partial charge in [0.2, 0.25) is 0 Å². The lowest BCUT2D eigenvalue weighted by Crippen LogP contribution is -2.24. The maximum Gasteiger partial charge on any atom is 0.416 e. The van der Waals surface area contributed by atoms with E-state index in [-0.39, 0.29) is 6.04 Å². The number of aromatic amines is 1. The highest BCUT2D eigenvalue weighted by molar-refractivity contribution is 5.83. The lowest BCUT2D eigenvalue weighted by atomic mass is 10.0. The largest absolute Gasteiger partial charge is 0.416 e. The molecule has 0 aliphatic heterocycles. The molecule has 0 radical (unpaired) electrons. The minimum Gasteiger partial charge on any atom is -0.327 e. The van der Waals surface area contributed by atoms with Crippen molar-refractivity contribution in [3.8, 4) is 11.3 Å². The van der Waals surface area contributed by atoms with E-state index in [1.165, 1.54) is 12.1 Å². The van der Waals surface area contributed by atoms with E-state index in [4.69, 9.17) is 5.73 Å². The van der Waals surface area contributed by atoms with Gasteiger partial charge in [0, 0.05) is 23.5 Å². The fourth-order valence-corrected chi connectivity index (χ4v) is 3.17. The monoisotopic (exact) mass is 400 g/mol. The molecule has 9 heteroatoms. The van der Waals surface area contributed by atoms with Crippen LogP contribution < -0.4 is 5.73 Å². The van der Waals surface area contributed by atoms with Crippen LogP contribution in [0.2, 0.25) is 0 Å². The second-order valence-corrected chi connectivity index (χ2v) is 6.99. The zero-order chi connectivity index (χ0) is 20.4. The molecule has 0 unspecified atom stereocenters. The lowest BCUT2D eigenvalue weighted by Gasteiger charge is -2.12. The van der Waals surface area contributed by atoms with Crippen molar-refractivity contribution in [2.75, 3.05) is 0 Å². The van der Waals surface area contributed by atoms with Crippen molar-refractivity contribution >= 4 is 10.9 Å². The van der Waals surface area contributed by atoms with Gasteiger partial charge in [-0.25, -0.2) is 0 Å². The summed E-state index contributed by atoms with van der Waals surface area (Å²) < 4.78 is 39.6. The van der Waals surface area contributed by atoms with Gasteiger partial charge in [0.15, 0.2) is 0 Å². The molecule has 0 fully saturated rings. The Balaban J connectivity index is 1.34. The van der Waals surface area contributed by atoms with Gasteiger partial charge in [0.25, 0.3) is 0 Å². The molecular weight excluding hydrogens is 381 g/mol. The van der Waals surface area contributed by atoms with Crippen LogP contribution in [0.3, 0.4) is 0 Å². The van der Waals surface area contributed by atoms with E-state index in [1.807, 2.05) is 24.4 Å². The first-order valence-corrected chi connectivity index (χ1v) is 9.14. The maximum atomic E-state index is 12.6. The number of benzene rings is 2. The number of aryl methyl sites for hydroxylation is 1. The quantitative estimate of drug-likeness (QED) is 0.516. The van der Waals surface area contributed by atoms with Crippen LogP contribution in [0.15, 0.2) is 54.9 Å². The van der Waals surface area contributed by atoms with Gasteiger partial charge in [0.1, 0.15) is 5.69 Å². The number of nitrogens with two attached hydrogens (primary N) is 1. The highest BCUT2D eigenvalue weighted by atomic mass is 19.4. The normalized spacial score (nSPS) is 13.1. The highest BCUT2D eigenvalue weighted by Crippen LogP contribution is 2.29. The molecule has 29 heavy (non-hydrogen) atoms. The molecule has 0 saturated carbocycles. The minimum absolute atomic E-state index is 0.193. The van der Waals surface area contributed by atoms with E-state index in [2.05, 4.69) is 20.5 Å². The average molecular weight is 400 g/mol. The second kappa shape index (κ2) is 7.67. The van der Waals surface area contributed by atoms with Gasteiger partial charge in [0.05, 0.1) is 23.5 Å². The number of aromatic nitrogens is 5. The van der Waals surface area contributed by atoms with E-state index in [1.54, 1.807) is 10.9 Å². The van der Waals surface area contributed by atoms with Crippen molar-refractivity contribution in [3.63, 3.8) is 0 Å². The van der Waals surface area contributed by atoms with Crippen LogP contribution in [-0.4, -0.2) is 31.2 Å². The number of halogens is 3. The van der Waals surface area contributed by atoms with Crippen LogP contribution in [0.25, 0.3) is 22.2 Å². The molecule has 2 heterocycles. The Kier molecular flexibility index (Phi) is 5.06. The number of hydrogen-bond acceptors (Lipinski definition) is 4. The van der Waals surface area contributed by atoms with Crippen LogP contribution in [-0.2, 0) is 19.1 Å². The van der Waals surface area contributed by atoms with Crippen LogP contribution in [0.5, 0.6) is 0 Å². The molecule has 1 atom stereocenters. The summed E-state index contributed by atoms with van der Waals surface area (Å²) in [5.41, 5.74) is 8.93. The van der Waals surface area contributed by atoms with E-state index >= 15 is 0 Å². The molecule has 0 amide bonds. The molecule has 0 saturated heterocycles. The summed E-state index contributed by atoms with van der Waals surface area (Å²) >= 11 is 0. The number of rotatable bonds is 6. The van der Waals surface area contributed by atoms with Gasteiger partial charge in [-0.15, -0.1) is 5.10 Å². The molecule has 4 aromatic rings. The molecule has 0 aliphatic rings. The zero-order valence-corrected chi connectivity index (χ0v) is 15.4. The lowest BCUT2D eigenvalue weighted by molar-refractivity contribution is -0.137. The molecule has 150 valence electrons. The molecule has 0 aliphatic carbocycles. The zero-order valence-electron chi connectivity index (χ0n) is 15.4. The van der Waals surface area contributed by atoms with Crippen LogP contribution in [0.4, 0.5) is 13.2 Å². The van der Waals surface area contributed by atoms with E-state index in [9.17, 15) is 13.2 Å². The first-order chi connectivity index (χ1) is 13.9. The number of fused-ring (bicyclic) bond motifs is 1. The Morgan fingerprint density at radius 2 is 1.90 bits per heavy atom. The number of alkyl halides is 3. The predicted octanol–water partition coefficient (Wildman–Crippen LogP) is 3.80. The first-order valence-electron chi connectivity index (χ1n) is 9.14. The number of H-pyrrole nitrogens is 1. The maximum absolute atomic E-state index is 12.6. The second-order valence-electron chi connectivity index (χ2n) is 6.99. The highest BCUT2D eigenvalue weighted by Gasteiger charge is 2.29. The van der Waals surface area contributed by atoms with Gasteiger partial charge < -0.3 is 5.73 Å². The van der Waals surface area contributed by atoms with Crippen molar-refractivity contribution < 1.29 is 13.2 Å². The summed E-state index contributed by atoms with van der Waals surface area (Å²) in [5.74, 6) is 0. The summed E-state index contributed by atoms with van der Waals surface area (Å²) in [6.45, 7) is 0.572. The molecule has 3 N–H and O–H groups in total. The number of hydrogen-bond donors (Lipinski definition) is 2.